The second-order valence-corrected chi connectivity index (χ2v) is 4.16. The summed E-state index contributed by atoms with van der Waals surface area (Å²) in [6.07, 6.45) is 7.55. The predicted octanol–water partition coefficient (Wildman–Crippen LogP) is 2.51. The van der Waals surface area contributed by atoms with Gasteiger partial charge in [0.15, 0.2) is 0 Å². The third kappa shape index (κ3) is 3.06. The number of aryl methyl sites for hydroxylation is 1. The van der Waals surface area contributed by atoms with Gasteiger partial charge in [0.1, 0.15) is 5.82 Å². The molecule has 0 amide bonds. The molecule has 0 aromatic carbocycles. The summed E-state index contributed by atoms with van der Waals surface area (Å²) >= 11 is 0. The fourth-order valence-electron chi connectivity index (χ4n) is 2.02. The number of imidazole rings is 1. The van der Waals surface area contributed by atoms with Crippen molar-refractivity contribution in [1.82, 2.24) is 14.9 Å². The summed E-state index contributed by atoms with van der Waals surface area (Å²) in [4.78, 5) is 4.41. The smallest absolute Gasteiger partial charge is 0.125 e. The maximum atomic E-state index is 4.41. The zero-order valence-corrected chi connectivity index (χ0v) is 10.3. The Morgan fingerprint density at radius 3 is 2.47 bits per heavy atom. The Labute approximate surface area is 92.9 Å². The molecular weight excluding hydrogens is 186 g/mol. The van der Waals surface area contributed by atoms with E-state index in [1.54, 1.807) is 0 Å². The summed E-state index contributed by atoms with van der Waals surface area (Å²) < 4.78 is 2.10. The molecule has 3 nitrogen and oxygen atoms in total. The normalized spacial score (nSPS) is 13.4. The highest BCUT2D eigenvalue weighted by Crippen LogP contribution is 2.23. The molecule has 1 atom stereocenters. The first-order valence-electron chi connectivity index (χ1n) is 5.87. The first-order chi connectivity index (χ1) is 7.22. The maximum Gasteiger partial charge on any atom is 0.125 e. The van der Waals surface area contributed by atoms with Gasteiger partial charge in [-0.2, -0.15) is 0 Å². The van der Waals surface area contributed by atoms with Crippen molar-refractivity contribution >= 4 is 0 Å². The predicted molar refractivity (Wildman–Crippen MR) is 63.7 cm³/mol. The number of nitrogens with zero attached hydrogens (tertiary/aromatic N) is 2. The topological polar surface area (TPSA) is 29.9 Å². The summed E-state index contributed by atoms with van der Waals surface area (Å²) in [5, 5.41) is 3.36. The zero-order valence-electron chi connectivity index (χ0n) is 10.3. The molecule has 0 aliphatic heterocycles. The fraction of sp³-hybridized carbons (Fsp3) is 0.750. The molecule has 1 N–H and O–H groups in total. The first kappa shape index (κ1) is 12.2. The van der Waals surface area contributed by atoms with Gasteiger partial charge in [-0.05, 0) is 19.4 Å². The van der Waals surface area contributed by atoms with Gasteiger partial charge in [-0.1, -0.05) is 26.7 Å². The standard InChI is InChI=1S/C12H23N3/c1-5-10(6-2)9-11(13-3)12-14-7-8-15(12)4/h7-8,10-11,13H,5-6,9H2,1-4H3. The van der Waals surface area contributed by atoms with E-state index in [0.29, 0.717) is 6.04 Å². The van der Waals surface area contributed by atoms with Crippen molar-refractivity contribution in [3.63, 3.8) is 0 Å². The lowest BCUT2D eigenvalue weighted by Crippen LogP contribution is -2.22. The quantitative estimate of drug-likeness (QED) is 0.780. The molecule has 0 saturated heterocycles. The molecule has 0 bridgehead atoms. The van der Waals surface area contributed by atoms with Crippen molar-refractivity contribution in [1.29, 1.82) is 0 Å². The number of hydrogen-bond acceptors (Lipinski definition) is 2. The van der Waals surface area contributed by atoms with E-state index < -0.39 is 0 Å². The van der Waals surface area contributed by atoms with E-state index >= 15 is 0 Å². The number of rotatable bonds is 6. The van der Waals surface area contributed by atoms with Gasteiger partial charge in [0, 0.05) is 19.4 Å². The first-order valence-corrected chi connectivity index (χ1v) is 5.87. The van der Waals surface area contributed by atoms with Crippen molar-refractivity contribution in [2.75, 3.05) is 7.05 Å². The van der Waals surface area contributed by atoms with E-state index in [2.05, 4.69) is 35.8 Å². The molecule has 0 radical (unpaired) electrons. The van der Waals surface area contributed by atoms with E-state index in [1.807, 2.05) is 19.4 Å². The highest BCUT2D eigenvalue weighted by molar-refractivity contribution is 4.98. The van der Waals surface area contributed by atoms with Crippen LogP contribution in [0.3, 0.4) is 0 Å². The number of aromatic nitrogens is 2. The molecule has 3 heteroatoms. The lowest BCUT2D eigenvalue weighted by molar-refractivity contribution is 0.371. The maximum absolute atomic E-state index is 4.41. The van der Waals surface area contributed by atoms with Crippen LogP contribution in [0.1, 0.15) is 45.0 Å². The Morgan fingerprint density at radius 2 is 2.07 bits per heavy atom. The Balaban J connectivity index is 2.68. The molecule has 1 aromatic rings. The highest BCUT2D eigenvalue weighted by Gasteiger charge is 2.17. The molecule has 0 saturated carbocycles. The summed E-state index contributed by atoms with van der Waals surface area (Å²) in [5.41, 5.74) is 0. The van der Waals surface area contributed by atoms with Crippen LogP contribution in [-0.2, 0) is 7.05 Å². The van der Waals surface area contributed by atoms with Gasteiger partial charge >= 0.3 is 0 Å². The van der Waals surface area contributed by atoms with Crippen LogP contribution < -0.4 is 5.32 Å². The highest BCUT2D eigenvalue weighted by atomic mass is 15.1. The molecule has 0 spiro atoms. The molecule has 0 fully saturated rings. The number of hydrogen-bond donors (Lipinski definition) is 1. The second kappa shape index (κ2) is 5.91. The minimum Gasteiger partial charge on any atom is -0.337 e. The molecule has 1 aromatic heterocycles. The zero-order chi connectivity index (χ0) is 11.3. The van der Waals surface area contributed by atoms with Crippen molar-refractivity contribution < 1.29 is 0 Å². The van der Waals surface area contributed by atoms with E-state index in [4.69, 9.17) is 0 Å². The molecule has 1 rings (SSSR count). The van der Waals surface area contributed by atoms with Crippen molar-refractivity contribution in [2.45, 2.75) is 39.2 Å². The van der Waals surface area contributed by atoms with Crippen LogP contribution in [0.4, 0.5) is 0 Å². The largest absolute Gasteiger partial charge is 0.337 e. The van der Waals surface area contributed by atoms with Crippen LogP contribution in [-0.4, -0.2) is 16.6 Å². The van der Waals surface area contributed by atoms with Crippen molar-refractivity contribution in [3.8, 4) is 0 Å². The number of nitrogens with one attached hydrogen (secondary N) is 1. The third-order valence-electron chi connectivity index (χ3n) is 3.24. The van der Waals surface area contributed by atoms with Crippen LogP contribution in [0, 0.1) is 5.92 Å². The van der Waals surface area contributed by atoms with Crippen LogP contribution in [0.5, 0.6) is 0 Å². The summed E-state index contributed by atoms with van der Waals surface area (Å²) in [6, 6.07) is 0.384. The van der Waals surface area contributed by atoms with E-state index in [-0.39, 0.29) is 0 Å². The molecule has 15 heavy (non-hydrogen) atoms. The minimum absolute atomic E-state index is 0.384. The Bertz CT molecular complexity index is 276. The Morgan fingerprint density at radius 1 is 1.40 bits per heavy atom. The summed E-state index contributed by atoms with van der Waals surface area (Å²) in [6.45, 7) is 4.53. The van der Waals surface area contributed by atoms with E-state index in [0.717, 1.165) is 11.7 Å². The molecule has 1 unspecified atom stereocenters. The van der Waals surface area contributed by atoms with Crippen LogP contribution >= 0.6 is 0 Å². The average Bonchev–Trinajstić information content (AvgIpc) is 2.67. The van der Waals surface area contributed by atoms with Gasteiger partial charge in [0.05, 0.1) is 6.04 Å². The Hall–Kier alpha value is -0.830. The van der Waals surface area contributed by atoms with Crippen molar-refractivity contribution in [3.05, 3.63) is 18.2 Å². The van der Waals surface area contributed by atoms with Crippen molar-refractivity contribution in [2.24, 2.45) is 13.0 Å². The Kier molecular flexibility index (Phi) is 4.82. The molecule has 86 valence electrons. The summed E-state index contributed by atoms with van der Waals surface area (Å²) in [5.74, 6) is 1.93. The second-order valence-electron chi connectivity index (χ2n) is 4.16. The lowest BCUT2D eigenvalue weighted by atomic mass is 9.94. The summed E-state index contributed by atoms with van der Waals surface area (Å²) in [7, 11) is 4.07. The average molecular weight is 209 g/mol. The third-order valence-corrected chi connectivity index (χ3v) is 3.24. The van der Waals surface area contributed by atoms with Gasteiger partial charge in [-0.15, -0.1) is 0 Å². The van der Waals surface area contributed by atoms with Crippen LogP contribution in [0.15, 0.2) is 12.4 Å². The van der Waals surface area contributed by atoms with Gasteiger partial charge in [0.2, 0.25) is 0 Å². The lowest BCUT2D eigenvalue weighted by Gasteiger charge is -2.21. The SMILES string of the molecule is CCC(CC)CC(NC)c1nccn1C. The van der Waals surface area contributed by atoms with Gasteiger partial charge < -0.3 is 9.88 Å². The molecular formula is C12H23N3. The molecule has 1 heterocycles. The van der Waals surface area contributed by atoms with Crippen LogP contribution in [0.25, 0.3) is 0 Å². The minimum atomic E-state index is 0.384. The van der Waals surface area contributed by atoms with Gasteiger partial charge in [-0.25, -0.2) is 4.98 Å². The van der Waals surface area contributed by atoms with Crippen LogP contribution in [0.2, 0.25) is 0 Å². The van der Waals surface area contributed by atoms with Gasteiger partial charge in [-0.3, -0.25) is 0 Å². The van der Waals surface area contributed by atoms with Gasteiger partial charge in [0.25, 0.3) is 0 Å². The molecule has 0 aliphatic rings. The fourth-order valence-corrected chi connectivity index (χ4v) is 2.02. The van der Waals surface area contributed by atoms with E-state index in [1.165, 1.54) is 19.3 Å². The monoisotopic (exact) mass is 209 g/mol. The molecule has 0 aliphatic carbocycles. The van der Waals surface area contributed by atoms with E-state index in [9.17, 15) is 0 Å².